The number of hydrogen-bond acceptors (Lipinski definition) is 3. The largest absolute Gasteiger partial charge is 0.487 e. The first-order chi connectivity index (χ1) is 13.0. The summed E-state index contributed by atoms with van der Waals surface area (Å²) in [5.41, 5.74) is 1.91. The second-order valence-electron chi connectivity index (χ2n) is 6.00. The summed E-state index contributed by atoms with van der Waals surface area (Å²) in [4.78, 5) is 17.0. The minimum Gasteiger partial charge on any atom is -0.487 e. The molecule has 1 N–H and O–H groups in total. The number of halogens is 2. The number of hydrogen-bond donors (Lipinski definition) is 1. The third kappa shape index (κ3) is 5.22. The summed E-state index contributed by atoms with van der Waals surface area (Å²) >= 11 is 11.9. The minimum atomic E-state index is -0.254. The van der Waals surface area contributed by atoms with Crippen LogP contribution in [-0.2, 0) is 6.61 Å². The molecule has 0 saturated carbocycles. The first-order valence-corrected chi connectivity index (χ1v) is 9.17. The predicted octanol–water partition coefficient (Wildman–Crippen LogP) is 5.46. The van der Waals surface area contributed by atoms with Crippen molar-refractivity contribution in [3.63, 3.8) is 0 Å². The van der Waals surface area contributed by atoms with Crippen LogP contribution in [0.2, 0.25) is 10.0 Å². The van der Waals surface area contributed by atoms with Crippen LogP contribution in [0.15, 0.2) is 66.9 Å². The lowest BCUT2D eigenvalue weighted by Gasteiger charge is -2.16. The van der Waals surface area contributed by atoms with E-state index in [9.17, 15) is 4.79 Å². The van der Waals surface area contributed by atoms with Gasteiger partial charge >= 0.3 is 0 Å². The normalized spacial score (nSPS) is 11.7. The third-order valence-corrected chi connectivity index (χ3v) is 4.48. The van der Waals surface area contributed by atoms with Crippen LogP contribution in [-0.4, -0.2) is 10.9 Å². The zero-order valence-electron chi connectivity index (χ0n) is 14.7. The summed E-state index contributed by atoms with van der Waals surface area (Å²) in [5, 5.41) is 3.99. The average molecular weight is 401 g/mol. The number of benzene rings is 2. The quantitative estimate of drug-likeness (QED) is 0.597. The topological polar surface area (TPSA) is 51.2 Å². The van der Waals surface area contributed by atoms with Gasteiger partial charge in [0.2, 0.25) is 0 Å². The van der Waals surface area contributed by atoms with Crippen molar-refractivity contribution in [2.75, 3.05) is 0 Å². The van der Waals surface area contributed by atoms with E-state index in [0.717, 1.165) is 5.56 Å². The number of carbonyl (C=O) groups excluding carboxylic acids is 1. The molecule has 0 aliphatic heterocycles. The van der Waals surface area contributed by atoms with E-state index >= 15 is 0 Å². The van der Waals surface area contributed by atoms with E-state index in [1.54, 1.807) is 30.3 Å². The van der Waals surface area contributed by atoms with Crippen molar-refractivity contribution in [2.24, 2.45) is 0 Å². The lowest BCUT2D eigenvalue weighted by atomic mass is 10.1. The molecule has 1 aromatic heterocycles. The van der Waals surface area contributed by atoms with Gasteiger partial charge in [-0.2, -0.15) is 0 Å². The van der Waals surface area contributed by atoms with Crippen LogP contribution >= 0.6 is 23.2 Å². The number of carbonyl (C=O) groups is 1. The first kappa shape index (κ1) is 19.2. The smallest absolute Gasteiger partial charge is 0.253 e. The van der Waals surface area contributed by atoms with Gasteiger partial charge in [-0.1, -0.05) is 53.5 Å². The number of nitrogens with zero attached hydrogens (tertiary/aromatic N) is 1. The van der Waals surface area contributed by atoms with E-state index in [0.29, 0.717) is 27.1 Å². The highest BCUT2D eigenvalue weighted by atomic mass is 35.5. The van der Waals surface area contributed by atoms with Crippen LogP contribution in [0.5, 0.6) is 5.75 Å². The standard InChI is InChI=1S/C21H18Cl2N2O2/c1-14(15-5-3-2-4-6-15)25-21(26)19-11-17(23)12-24-20(19)13-27-18-9-7-16(22)8-10-18/h2-12,14H,13H2,1H3,(H,25,26)/t14-/m0/s1. The second kappa shape index (κ2) is 8.89. The van der Waals surface area contributed by atoms with E-state index in [-0.39, 0.29) is 18.6 Å². The van der Waals surface area contributed by atoms with E-state index in [1.807, 2.05) is 37.3 Å². The van der Waals surface area contributed by atoms with Crippen LogP contribution in [0.4, 0.5) is 0 Å². The molecular weight excluding hydrogens is 383 g/mol. The van der Waals surface area contributed by atoms with E-state index < -0.39 is 0 Å². The molecule has 0 bridgehead atoms. The first-order valence-electron chi connectivity index (χ1n) is 8.41. The Morgan fingerprint density at radius 2 is 1.78 bits per heavy atom. The summed E-state index contributed by atoms with van der Waals surface area (Å²) in [6.45, 7) is 2.07. The summed E-state index contributed by atoms with van der Waals surface area (Å²) in [6.07, 6.45) is 1.50. The SMILES string of the molecule is C[C@H](NC(=O)c1cc(Cl)cnc1COc1ccc(Cl)cc1)c1ccccc1. The summed E-state index contributed by atoms with van der Waals surface area (Å²) in [6, 6.07) is 18.2. The molecule has 0 aliphatic carbocycles. The van der Waals surface area contributed by atoms with Gasteiger partial charge in [0.25, 0.3) is 5.91 Å². The molecule has 0 saturated heterocycles. The number of rotatable bonds is 6. The van der Waals surface area contributed by atoms with Gasteiger partial charge in [0.1, 0.15) is 12.4 Å². The Kier molecular flexibility index (Phi) is 6.32. The van der Waals surface area contributed by atoms with Gasteiger partial charge in [0.15, 0.2) is 0 Å². The molecule has 138 valence electrons. The van der Waals surface area contributed by atoms with Crippen molar-refractivity contribution < 1.29 is 9.53 Å². The fourth-order valence-electron chi connectivity index (χ4n) is 2.56. The Morgan fingerprint density at radius 1 is 1.07 bits per heavy atom. The number of pyridine rings is 1. The molecule has 4 nitrogen and oxygen atoms in total. The second-order valence-corrected chi connectivity index (χ2v) is 6.87. The molecule has 3 aromatic rings. The van der Waals surface area contributed by atoms with Gasteiger partial charge in [-0.15, -0.1) is 0 Å². The molecule has 27 heavy (non-hydrogen) atoms. The lowest BCUT2D eigenvalue weighted by Crippen LogP contribution is -2.28. The van der Waals surface area contributed by atoms with Crippen molar-refractivity contribution >= 4 is 29.1 Å². The Balaban J connectivity index is 1.74. The van der Waals surface area contributed by atoms with Gasteiger partial charge in [0.05, 0.1) is 22.3 Å². The molecule has 1 heterocycles. The summed E-state index contributed by atoms with van der Waals surface area (Å²) in [7, 11) is 0. The Bertz CT molecular complexity index is 915. The van der Waals surface area contributed by atoms with E-state index in [2.05, 4.69) is 10.3 Å². The van der Waals surface area contributed by atoms with Crippen LogP contribution in [0.1, 0.15) is 34.6 Å². The van der Waals surface area contributed by atoms with Gasteiger partial charge in [-0.3, -0.25) is 9.78 Å². The van der Waals surface area contributed by atoms with Gasteiger partial charge in [-0.25, -0.2) is 0 Å². The van der Waals surface area contributed by atoms with Crippen LogP contribution in [0.25, 0.3) is 0 Å². The maximum Gasteiger partial charge on any atom is 0.253 e. The molecule has 3 rings (SSSR count). The van der Waals surface area contributed by atoms with Crippen LogP contribution in [0, 0.1) is 0 Å². The zero-order chi connectivity index (χ0) is 19.2. The molecule has 6 heteroatoms. The monoisotopic (exact) mass is 400 g/mol. The van der Waals surface area contributed by atoms with Crippen molar-refractivity contribution in [2.45, 2.75) is 19.6 Å². The highest BCUT2D eigenvalue weighted by Crippen LogP contribution is 2.20. The van der Waals surface area contributed by atoms with E-state index in [1.165, 1.54) is 6.20 Å². The highest BCUT2D eigenvalue weighted by molar-refractivity contribution is 6.31. The minimum absolute atomic E-state index is 0.140. The van der Waals surface area contributed by atoms with Crippen molar-refractivity contribution in [3.8, 4) is 5.75 Å². The summed E-state index contributed by atoms with van der Waals surface area (Å²) in [5.74, 6) is 0.385. The molecule has 0 spiro atoms. The Morgan fingerprint density at radius 3 is 2.48 bits per heavy atom. The van der Waals surface area contributed by atoms with E-state index in [4.69, 9.17) is 27.9 Å². The van der Waals surface area contributed by atoms with Crippen molar-refractivity contribution in [1.82, 2.24) is 10.3 Å². The molecule has 1 atom stereocenters. The fraction of sp³-hybridized carbons (Fsp3) is 0.143. The molecule has 1 amide bonds. The van der Waals surface area contributed by atoms with Crippen molar-refractivity contribution in [3.05, 3.63) is 93.7 Å². The maximum absolute atomic E-state index is 12.8. The summed E-state index contributed by atoms with van der Waals surface area (Å²) < 4.78 is 5.72. The van der Waals surface area contributed by atoms with Crippen LogP contribution < -0.4 is 10.1 Å². The zero-order valence-corrected chi connectivity index (χ0v) is 16.2. The average Bonchev–Trinajstić information content (AvgIpc) is 2.68. The highest BCUT2D eigenvalue weighted by Gasteiger charge is 2.17. The number of ether oxygens (including phenoxy) is 1. The van der Waals surface area contributed by atoms with Crippen LogP contribution in [0.3, 0.4) is 0 Å². The fourth-order valence-corrected chi connectivity index (χ4v) is 2.85. The van der Waals surface area contributed by atoms with Crippen molar-refractivity contribution in [1.29, 1.82) is 0 Å². The number of nitrogens with one attached hydrogen (secondary N) is 1. The Hall–Kier alpha value is -2.56. The molecule has 2 aromatic carbocycles. The molecular formula is C21H18Cl2N2O2. The molecule has 0 radical (unpaired) electrons. The molecule has 0 unspecified atom stereocenters. The van der Waals surface area contributed by atoms with Gasteiger partial charge in [-0.05, 0) is 42.8 Å². The third-order valence-electron chi connectivity index (χ3n) is 4.02. The predicted molar refractivity (Wildman–Crippen MR) is 107 cm³/mol. The number of aromatic nitrogens is 1. The number of amides is 1. The van der Waals surface area contributed by atoms with Gasteiger partial charge in [0, 0.05) is 11.2 Å². The molecule has 0 aliphatic rings. The maximum atomic E-state index is 12.8. The lowest BCUT2D eigenvalue weighted by molar-refractivity contribution is 0.0936. The van der Waals surface area contributed by atoms with Gasteiger partial charge < -0.3 is 10.1 Å². The Labute approximate surface area is 168 Å². The molecule has 0 fully saturated rings.